The predicted octanol–water partition coefficient (Wildman–Crippen LogP) is 2.68. The average Bonchev–Trinajstić information content (AvgIpc) is 2.67. The van der Waals surface area contributed by atoms with Gasteiger partial charge in [-0.05, 0) is 61.3 Å². The number of nitrogens with one attached hydrogen (secondary N) is 1. The number of hydrogen-bond donors (Lipinski definition) is 1. The molecule has 1 fully saturated rings. The Morgan fingerprint density at radius 1 is 1.19 bits per heavy atom. The molecule has 2 atom stereocenters. The van der Waals surface area contributed by atoms with E-state index in [0.29, 0.717) is 22.6 Å². The summed E-state index contributed by atoms with van der Waals surface area (Å²) < 4.78 is 5.51. The van der Waals surface area contributed by atoms with Crippen LogP contribution in [0.2, 0.25) is 0 Å². The number of piperidine rings is 1. The summed E-state index contributed by atoms with van der Waals surface area (Å²) in [6.07, 6.45) is 4.90. The van der Waals surface area contributed by atoms with Crippen LogP contribution in [0.3, 0.4) is 0 Å². The highest BCUT2D eigenvalue weighted by Gasteiger charge is 2.25. The molecule has 1 saturated heterocycles. The van der Waals surface area contributed by atoms with Crippen molar-refractivity contribution in [3.63, 3.8) is 0 Å². The third-order valence-electron chi connectivity index (χ3n) is 5.96. The van der Waals surface area contributed by atoms with Gasteiger partial charge in [0.15, 0.2) is 0 Å². The summed E-state index contributed by atoms with van der Waals surface area (Å²) in [7, 11) is 0. The minimum Gasteiger partial charge on any atom is -0.872 e. The zero-order chi connectivity index (χ0) is 18.3. The monoisotopic (exact) mass is 351 g/mol. The molecule has 1 aliphatic heterocycles. The van der Waals surface area contributed by atoms with Crippen molar-refractivity contribution < 1.29 is 14.4 Å². The highest BCUT2D eigenvalue weighted by atomic mass is 16.4. The Labute approximate surface area is 153 Å². The molecule has 1 N–H and O–H groups in total. The van der Waals surface area contributed by atoms with Crippen LogP contribution in [-0.2, 0) is 6.54 Å². The van der Waals surface area contributed by atoms with Crippen LogP contribution in [0.1, 0.15) is 43.7 Å². The van der Waals surface area contributed by atoms with E-state index in [2.05, 4.69) is 6.92 Å². The second-order valence-electron chi connectivity index (χ2n) is 7.49. The molecule has 2 unspecified atom stereocenters. The van der Waals surface area contributed by atoms with E-state index in [1.165, 1.54) is 24.2 Å². The molecule has 4 nitrogen and oxygen atoms in total. The Kier molecular flexibility index (Phi) is 4.45. The molecular weight excluding hydrogens is 326 g/mol. The molecule has 2 heterocycles. The molecule has 1 aromatic heterocycles. The topological polar surface area (TPSA) is 57.7 Å². The van der Waals surface area contributed by atoms with Gasteiger partial charge in [-0.2, -0.15) is 0 Å². The van der Waals surface area contributed by atoms with Crippen molar-refractivity contribution in [2.45, 2.75) is 52.1 Å². The number of quaternary nitrogens is 1. The molecule has 0 spiro atoms. The SMILES string of the molecule is CCC1CCCC[NH+]1Cc1cc2c(oc(=O)c3ccccc32)c(C)c1[O-]. The van der Waals surface area contributed by atoms with Crippen molar-refractivity contribution >= 4 is 21.7 Å². The van der Waals surface area contributed by atoms with E-state index >= 15 is 0 Å². The number of rotatable bonds is 3. The smallest absolute Gasteiger partial charge is 0.344 e. The van der Waals surface area contributed by atoms with Crippen molar-refractivity contribution in [3.8, 4) is 5.75 Å². The molecule has 3 aromatic rings. The fourth-order valence-corrected chi connectivity index (χ4v) is 4.48. The summed E-state index contributed by atoms with van der Waals surface area (Å²) in [4.78, 5) is 13.8. The lowest BCUT2D eigenvalue weighted by molar-refractivity contribution is -0.944. The number of fused-ring (bicyclic) bond motifs is 3. The molecule has 26 heavy (non-hydrogen) atoms. The van der Waals surface area contributed by atoms with Crippen LogP contribution in [0.5, 0.6) is 5.75 Å². The van der Waals surface area contributed by atoms with Gasteiger partial charge in [0.2, 0.25) is 0 Å². The molecule has 4 rings (SSSR count). The summed E-state index contributed by atoms with van der Waals surface area (Å²) >= 11 is 0. The first-order valence-electron chi connectivity index (χ1n) is 9.59. The molecule has 1 aliphatic rings. The van der Waals surface area contributed by atoms with Crippen molar-refractivity contribution in [1.29, 1.82) is 0 Å². The molecule has 0 amide bonds. The lowest BCUT2D eigenvalue weighted by Gasteiger charge is -2.33. The lowest BCUT2D eigenvalue weighted by Crippen LogP contribution is -3.15. The third kappa shape index (κ3) is 2.78. The van der Waals surface area contributed by atoms with E-state index in [4.69, 9.17) is 4.42 Å². The second kappa shape index (κ2) is 6.76. The Morgan fingerprint density at radius 3 is 2.73 bits per heavy atom. The maximum atomic E-state index is 12.9. The Hall–Kier alpha value is -2.33. The van der Waals surface area contributed by atoms with Gasteiger partial charge < -0.3 is 14.4 Å². The number of aryl methyl sites for hydroxylation is 1. The van der Waals surface area contributed by atoms with E-state index < -0.39 is 0 Å². The molecule has 0 radical (unpaired) electrons. The van der Waals surface area contributed by atoms with Crippen LogP contribution < -0.4 is 15.6 Å². The van der Waals surface area contributed by atoms with Gasteiger partial charge in [0.25, 0.3) is 0 Å². The first kappa shape index (κ1) is 17.1. The van der Waals surface area contributed by atoms with Gasteiger partial charge in [-0.15, -0.1) is 0 Å². The maximum Gasteiger partial charge on any atom is 0.344 e. The Bertz CT molecular complexity index is 1020. The summed E-state index contributed by atoms with van der Waals surface area (Å²) in [6, 6.07) is 10.1. The van der Waals surface area contributed by atoms with Crippen molar-refractivity contribution in [1.82, 2.24) is 0 Å². The van der Waals surface area contributed by atoms with Gasteiger partial charge >= 0.3 is 5.63 Å². The van der Waals surface area contributed by atoms with Crippen LogP contribution in [0.4, 0.5) is 0 Å². The number of hydrogen-bond acceptors (Lipinski definition) is 3. The minimum absolute atomic E-state index is 0.0175. The lowest BCUT2D eigenvalue weighted by atomic mass is 9.97. The standard InChI is InChI=1S/C22H25NO3/c1-3-16-8-6-7-11-23(16)13-15-12-19-17-9-4-5-10-18(17)22(25)26-21(19)14(2)20(15)24/h4-5,9-10,12,16,24H,3,6-8,11,13H2,1-2H3. The second-order valence-corrected chi connectivity index (χ2v) is 7.49. The third-order valence-corrected chi connectivity index (χ3v) is 5.96. The van der Waals surface area contributed by atoms with Crippen LogP contribution in [-0.4, -0.2) is 12.6 Å². The van der Waals surface area contributed by atoms with E-state index in [9.17, 15) is 9.90 Å². The van der Waals surface area contributed by atoms with Crippen LogP contribution in [0, 0.1) is 6.92 Å². The quantitative estimate of drug-likeness (QED) is 0.583. The molecule has 0 aliphatic carbocycles. The van der Waals surface area contributed by atoms with Gasteiger partial charge in [0.1, 0.15) is 12.1 Å². The Morgan fingerprint density at radius 2 is 1.96 bits per heavy atom. The fourth-order valence-electron chi connectivity index (χ4n) is 4.48. The predicted molar refractivity (Wildman–Crippen MR) is 102 cm³/mol. The number of benzene rings is 2. The van der Waals surface area contributed by atoms with E-state index in [1.54, 1.807) is 13.0 Å². The largest absolute Gasteiger partial charge is 0.872 e. The molecule has 0 bridgehead atoms. The maximum absolute atomic E-state index is 12.9. The normalized spacial score (nSPS) is 20.7. The molecule has 0 saturated carbocycles. The zero-order valence-electron chi connectivity index (χ0n) is 15.4. The summed E-state index contributed by atoms with van der Waals surface area (Å²) in [6.45, 7) is 5.89. The van der Waals surface area contributed by atoms with Gasteiger partial charge in [0.05, 0.1) is 18.0 Å². The molecule has 136 valence electrons. The van der Waals surface area contributed by atoms with Gasteiger partial charge in [-0.1, -0.05) is 30.9 Å². The molecule has 4 heteroatoms. The summed E-state index contributed by atoms with van der Waals surface area (Å²) in [5.74, 6) is 0.0175. The molecule has 2 aromatic carbocycles. The van der Waals surface area contributed by atoms with E-state index in [0.717, 1.165) is 35.8 Å². The summed E-state index contributed by atoms with van der Waals surface area (Å²) in [5, 5.41) is 15.2. The van der Waals surface area contributed by atoms with E-state index in [-0.39, 0.29) is 11.4 Å². The summed E-state index contributed by atoms with van der Waals surface area (Å²) in [5.41, 5.74) is 1.44. The minimum atomic E-state index is -0.379. The highest BCUT2D eigenvalue weighted by molar-refractivity contribution is 6.05. The average molecular weight is 351 g/mol. The van der Waals surface area contributed by atoms with Gasteiger partial charge in [-0.25, -0.2) is 4.79 Å². The Balaban J connectivity index is 1.88. The highest BCUT2D eigenvalue weighted by Crippen LogP contribution is 2.32. The van der Waals surface area contributed by atoms with Crippen molar-refractivity contribution in [3.05, 3.63) is 51.9 Å². The first-order chi connectivity index (χ1) is 12.6. The zero-order valence-corrected chi connectivity index (χ0v) is 15.4. The van der Waals surface area contributed by atoms with Crippen LogP contribution >= 0.6 is 0 Å². The molecular formula is C22H25NO3. The van der Waals surface area contributed by atoms with Gasteiger partial charge in [-0.3, -0.25) is 0 Å². The van der Waals surface area contributed by atoms with Crippen LogP contribution in [0.25, 0.3) is 21.7 Å². The number of likely N-dealkylation sites (tertiary alicyclic amines) is 1. The van der Waals surface area contributed by atoms with Gasteiger partial charge in [0, 0.05) is 5.39 Å². The fraction of sp³-hybridized carbons (Fsp3) is 0.409. The van der Waals surface area contributed by atoms with Crippen molar-refractivity contribution in [2.24, 2.45) is 0 Å². The van der Waals surface area contributed by atoms with E-state index in [1.807, 2.05) is 24.3 Å². The van der Waals surface area contributed by atoms with Crippen LogP contribution in [0.15, 0.2) is 39.5 Å². The van der Waals surface area contributed by atoms with Crippen molar-refractivity contribution in [2.75, 3.05) is 6.54 Å². The first-order valence-corrected chi connectivity index (χ1v) is 9.59.